The summed E-state index contributed by atoms with van der Waals surface area (Å²) in [5.74, 6) is -1.72. The van der Waals surface area contributed by atoms with Crippen molar-refractivity contribution in [2.45, 2.75) is 51.8 Å². The fourth-order valence-electron chi connectivity index (χ4n) is 2.88. The fraction of sp³-hybridized carbons (Fsp3) is 0.500. The number of benzene rings is 1. The Labute approximate surface area is 192 Å². The summed E-state index contributed by atoms with van der Waals surface area (Å²) in [6.45, 7) is 8.85. The molecular formula is C22H30N4O5S. The molecule has 1 aromatic rings. The third-order valence-electron chi connectivity index (χ3n) is 4.87. The largest absolute Gasteiger partial charge is 0.452 e. The van der Waals surface area contributed by atoms with Crippen LogP contribution in [0.1, 0.15) is 50.9 Å². The molecule has 32 heavy (non-hydrogen) atoms. The van der Waals surface area contributed by atoms with E-state index in [4.69, 9.17) is 4.74 Å². The molecule has 3 amide bonds. The average molecular weight is 463 g/mol. The summed E-state index contributed by atoms with van der Waals surface area (Å²) in [5, 5.41) is 5.49. The lowest BCUT2D eigenvalue weighted by atomic mass is 10.2. The van der Waals surface area contributed by atoms with Gasteiger partial charge in [0.2, 0.25) is 5.91 Å². The summed E-state index contributed by atoms with van der Waals surface area (Å²) < 4.78 is 5.04. The minimum atomic E-state index is -0.667. The minimum Gasteiger partial charge on any atom is -0.452 e. The second-order valence-electron chi connectivity index (χ2n) is 7.30. The summed E-state index contributed by atoms with van der Waals surface area (Å²) in [6.07, 6.45) is 0.748. The van der Waals surface area contributed by atoms with Crippen LogP contribution in [0.2, 0.25) is 0 Å². The molecule has 174 valence electrons. The molecule has 1 aromatic carbocycles. The van der Waals surface area contributed by atoms with Gasteiger partial charge in [-0.15, -0.1) is 0 Å². The van der Waals surface area contributed by atoms with Crippen LogP contribution >= 0.6 is 11.8 Å². The SMILES string of the molecule is CC[C@H](C)NC(=O)COC(=O)c1cccc(NC(=O)C[C@@H]2SC(N(CC)CC)=NC2=O)c1. The number of rotatable bonds is 10. The van der Waals surface area contributed by atoms with Crippen molar-refractivity contribution in [3.05, 3.63) is 29.8 Å². The zero-order valence-corrected chi connectivity index (χ0v) is 19.7. The highest BCUT2D eigenvalue weighted by Crippen LogP contribution is 2.27. The van der Waals surface area contributed by atoms with Crippen LogP contribution in [0, 0.1) is 0 Å². The van der Waals surface area contributed by atoms with Crippen LogP contribution in [0.4, 0.5) is 5.69 Å². The summed E-state index contributed by atoms with van der Waals surface area (Å²) in [6, 6.07) is 6.23. The van der Waals surface area contributed by atoms with Gasteiger partial charge >= 0.3 is 5.97 Å². The Morgan fingerprint density at radius 1 is 1.19 bits per heavy atom. The predicted octanol–water partition coefficient (Wildman–Crippen LogP) is 2.43. The van der Waals surface area contributed by atoms with Crippen LogP contribution in [0.3, 0.4) is 0 Å². The fourth-order valence-corrected chi connectivity index (χ4v) is 4.07. The molecule has 10 heteroatoms. The third-order valence-corrected chi connectivity index (χ3v) is 6.08. The number of anilines is 1. The van der Waals surface area contributed by atoms with E-state index in [1.807, 2.05) is 32.6 Å². The van der Waals surface area contributed by atoms with Gasteiger partial charge in [-0.3, -0.25) is 14.4 Å². The maximum absolute atomic E-state index is 12.4. The van der Waals surface area contributed by atoms with Crippen LogP contribution in [-0.2, 0) is 19.1 Å². The number of carbonyl (C=O) groups is 4. The molecule has 0 aliphatic carbocycles. The first kappa shape index (κ1) is 25.4. The van der Waals surface area contributed by atoms with E-state index in [-0.39, 0.29) is 42.4 Å². The maximum atomic E-state index is 12.4. The van der Waals surface area contributed by atoms with Crippen molar-refractivity contribution in [3.63, 3.8) is 0 Å². The number of nitrogens with one attached hydrogen (secondary N) is 2. The lowest BCUT2D eigenvalue weighted by molar-refractivity contribution is -0.124. The molecule has 9 nitrogen and oxygen atoms in total. The standard InChI is InChI=1S/C22H30N4O5S/c1-5-14(4)23-19(28)13-31-21(30)15-9-8-10-16(11-15)24-18(27)12-17-20(29)25-22(32-17)26(6-2)7-3/h8-11,14,17H,5-7,12-13H2,1-4H3,(H,23,28)(H,24,27)/t14-,17-/m0/s1. The zero-order chi connectivity index (χ0) is 23.7. The number of amidine groups is 1. The molecule has 0 unspecified atom stereocenters. The number of carbonyl (C=O) groups excluding carboxylic acids is 4. The molecule has 2 rings (SSSR count). The van der Waals surface area contributed by atoms with E-state index in [1.165, 1.54) is 23.9 Å². The van der Waals surface area contributed by atoms with Gasteiger partial charge in [0.05, 0.1) is 5.56 Å². The number of ether oxygens (including phenoxy) is 1. The molecule has 1 aliphatic heterocycles. The highest BCUT2D eigenvalue weighted by atomic mass is 32.2. The van der Waals surface area contributed by atoms with E-state index in [2.05, 4.69) is 15.6 Å². The Morgan fingerprint density at radius 2 is 1.91 bits per heavy atom. The van der Waals surface area contributed by atoms with Crippen molar-refractivity contribution < 1.29 is 23.9 Å². The van der Waals surface area contributed by atoms with Crippen molar-refractivity contribution in [1.29, 1.82) is 0 Å². The van der Waals surface area contributed by atoms with Gasteiger partial charge in [0.25, 0.3) is 11.8 Å². The van der Waals surface area contributed by atoms with Gasteiger partial charge in [0, 0.05) is 31.2 Å². The Morgan fingerprint density at radius 3 is 2.56 bits per heavy atom. The molecule has 2 N–H and O–H groups in total. The maximum Gasteiger partial charge on any atom is 0.338 e. The smallest absolute Gasteiger partial charge is 0.338 e. The summed E-state index contributed by atoms with van der Waals surface area (Å²) in [7, 11) is 0. The van der Waals surface area contributed by atoms with Crippen molar-refractivity contribution in [2.24, 2.45) is 4.99 Å². The number of aliphatic imine (C=N–C) groups is 1. The second kappa shape index (κ2) is 12.2. The average Bonchev–Trinajstić information content (AvgIpc) is 3.12. The molecule has 1 aliphatic rings. The van der Waals surface area contributed by atoms with E-state index in [1.54, 1.807) is 12.1 Å². The monoisotopic (exact) mass is 462 g/mol. The molecule has 0 saturated carbocycles. The van der Waals surface area contributed by atoms with E-state index < -0.39 is 11.2 Å². The van der Waals surface area contributed by atoms with E-state index in [9.17, 15) is 19.2 Å². The number of amides is 3. The molecule has 0 radical (unpaired) electrons. The van der Waals surface area contributed by atoms with Gasteiger partial charge in [-0.1, -0.05) is 24.8 Å². The molecule has 0 saturated heterocycles. The number of thioether (sulfide) groups is 1. The molecule has 0 aromatic heterocycles. The molecular weight excluding hydrogens is 432 g/mol. The number of hydrogen-bond acceptors (Lipinski definition) is 7. The summed E-state index contributed by atoms with van der Waals surface area (Å²) in [5.41, 5.74) is 0.603. The van der Waals surface area contributed by atoms with Crippen LogP contribution in [-0.4, -0.2) is 64.7 Å². The molecule has 0 spiro atoms. The lowest BCUT2D eigenvalue weighted by Crippen LogP contribution is -2.35. The zero-order valence-electron chi connectivity index (χ0n) is 18.8. The number of hydrogen-bond donors (Lipinski definition) is 2. The quantitative estimate of drug-likeness (QED) is 0.513. The first-order chi connectivity index (χ1) is 15.3. The van der Waals surface area contributed by atoms with Crippen molar-refractivity contribution in [1.82, 2.24) is 10.2 Å². The van der Waals surface area contributed by atoms with Crippen LogP contribution in [0.15, 0.2) is 29.3 Å². The highest BCUT2D eigenvalue weighted by Gasteiger charge is 2.32. The molecule has 0 bridgehead atoms. The van der Waals surface area contributed by atoms with Crippen molar-refractivity contribution in [2.75, 3.05) is 25.0 Å². The Bertz CT molecular complexity index is 885. The summed E-state index contributed by atoms with van der Waals surface area (Å²) >= 11 is 1.29. The number of esters is 1. The lowest BCUT2D eigenvalue weighted by Gasteiger charge is -2.19. The molecule has 0 fully saturated rings. The van der Waals surface area contributed by atoms with Crippen LogP contribution < -0.4 is 10.6 Å². The Hall–Kier alpha value is -2.88. The topological polar surface area (TPSA) is 117 Å². The van der Waals surface area contributed by atoms with Gasteiger partial charge in [0.1, 0.15) is 5.25 Å². The predicted molar refractivity (Wildman–Crippen MR) is 125 cm³/mol. The van der Waals surface area contributed by atoms with Gasteiger partial charge in [0.15, 0.2) is 11.8 Å². The number of nitrogens with zero attached hydrogens (tertiary/aromatic N) is 2. The van der Waals surface area contributed by atoms with Gasteiger partial charge in [-0.2, -0.15) is 4.99 Å². The first-order valence-corrected chi connectivity index (χ1v) is 11.6. The Kier molecular flexibility index (Phi) is 9.70. The summed E-state index contributed by atoms with van der Waals surface area (Å²) in [4.78, 5) is 54.6. The molecule has 1 heterocycles. The van der Waals surface area contributed by atoms with Gasteiger partial charge in [-0.05, 0) is 45.4 Å². The van der Waals surface area contributed by atoms with Crippen LogP contribution in [0.5, 0.6) is 0 Å². The highest BCUT2D eigenvalue weighted by molar-refractivity contribution is 8.15. The van der Waals surface area contributed by atoms with Crippen molar-refractivity contribution >= 4 is 46.3 Å². The van der Waals surface area contributed by atoms with Gasteiger partial charge in [-0.25, -0.2) is 4.79 Å². The van der Waals surface area contributed by atoms with E-state index in [0.29, 0.717) is 10.9 Å². The van der Waals surface area contributed by atoms with E-state index in [0.717, 1.165) is 19.5 Å². The third kappa shape index (κ3) is 7.37. The van der Waals surface area contributed by atoms with Gasteiger partial charge < -0.3 is 20.3 Å². The van der Waals surface area contributed by atoms with Crippen molar-refractivity contribution in [3.8, 4) is 0 Å². The van der Waals surface area contributed by atoms with Crippen LogP contribution in [0.25, 0.3) is 0 Å². The second-order valence-corrected chi connectivity index (χ2v) is 8.47. The Balaban J connectivity index is 1.88. The molecule has 2 atom stereocenters. The minimum absolute atomic E-state index is 0.00171. The first-order valence-electron chi connectivity index (χ1n) is 10.7. The van der Waals surface area contributed by atoms with E-state index >= 15 is 0 Å². The normalized spacial score (nSPS) is 16.2.